The highest BCUT2D eigenvalue weighted by Crippen LogP contribution is 2.59. The van der Waals surface area contributed by atoms with Crippen LogP contribution in [0.3, 0.4) is 0 Å². The second-order valence-electron chi connectivity index (χ2n) is 9.34. The molecule has 22 heavy (non-hydrogen) atoms. The van der Waals surface area contributed by atoms with Crippen LogP contribution in [0.5, 0.6) is 0 Å². The molecule has 2 heteroatoms. The van der Waals surface area contributed by atoms with E-state index < -0.39 is 0 Å². The van der Waals surface area contributed by atoms with Gasteiger partial charge in [-0.25, -0.2) is 0 Å². The number of Topliss-reactive ketones (excluding diaryl/α,β-unsaturated/α-hetero) is 1. The Morgan fingerprint density at radius 2 is 1.77 bits per heavy atom. The average Bonchev–Trinajstić information content (AvgIpc) is 2.45. The fraction of sp³-hybridized carbons (Fsp3) is 0.900. The SMILES string of the molecule is C[C@@H]1CC[C@H]2C[C@@H]3[C@H](C=O)C(=O)CC[C@@]3(C)CC[C@@H]1C2(C)C. The van der Waals surface area contributed by atoms with E-state index >= 15 is 0 Å². The van der Waals surface area contributed by atoms with Crippen molar-refractivity contribution in [2.45, 2.75) is 72.6 Å². The summed E-state index contributed by atoms with van der Waals surface area (Å²) in [7, 11) is 0. The summed E-state index contributed by atoms with van der Waals surface area (Å²) in [5.74, 6) is 2.45. The van der Waals surface area contributed by atoms with Gasteiger partial charge < -0.3 is 4.79 Å². The van der Waals surface area contributed by atoms with E-state index in [1.807, 2.05) is 0 Å². The molecule has 6 atom stereocenters. The van der Waals surface area contributed by atoms with Crippen LogP contribution in [0.2, 0.25) is 0 Å². The van der Waals surface area contributed by atoms with Crippen molar-refractivity contribution in [3.8, 4) is 0 Å². The average molecular weight is 304 g/mol. The normalized spacial score (nSPS) is 48.0. The lowest BCUT2D eigenvalue weighted by molar-refractivity contribution is -0.141. The van der Waals surface area contributed by atoms with Gasteiger partial charge in [-0.2, -0.15) is 0 Å². The first-order valence-corrected chi connectivity index (χ1v) is 9.27. The largest absolute Gasteiger partial charge is 0.303 e. The number of hydrogen-bond donors (Lipinski definition) is 0. The van der Waals surface area contributed by atoms with Crippen LogP contribution in [0.25, 0.3) is 0 Å². The Morgan fingerprint density at radius 3 is 2.45 bits per heavy atom. The molecule has 2 nitrogen and oxygen atoms in total. The molecule has 0 amide bonds. The first-order valence-electron chi connectivity index (χ1n) is 9.27. The molecule has 0 aromatic heterocycles. The molecule has 0 aromatic rings. The van der Waals surface area contributed by atoms with Crippen molar-refractivity contribution < 1.29 is 9.59 Å². The maximum atomic E-state index is 12.3. The number of carbonyl (C=O) groups excluding carboxylic acids is 2. The van der Waals surface area contributed by atoms with Crippen molar-refractivity contribution >= 4 is 12.1 Å². The molecule has 124 valence electrons. The Morgan fingerprint density at radius 1 is 1.05 bits per heavy atom. The summed E-state index contributed by atoms with van der Waals surface area (Å²) in [6.45, 7) is 9.68. The monoisotopic (exact) mass is 304 g/mol. The van der Waals surface area contributed by atoms with E-state index in [2.05, 4.69) is 27.7 Å². The minimum atomic E-state index is -0.328. The predicted molar refractivity (Wildman–Crippen MR) is 88.4 cm³/mol. The number of hydrogen-bond acceptors (Lipinski definition) is 2. The standard InChI is InChI=1S/C20H32O2/c1-13-5-6-14-11-17-15(12-21)18(22)8-10-20(17,4)9-7-16(13)19(14,2)3/h12-17H,5-11H2,1-4H3/t13-,14+,15+,16+,17-,20-/m1/s1. The molecule has 3 saturated carbocycles. The summed E-state index contributed by atoms with van der Waals surface area (Å²) < 4.78 is 0. The summed E-state index contributed by atoms with van der Waals surface area (Å²) >= 11 is 0. The maximum Gasteiger partial charge on any atom is 0.143 e. The molecule has 0 unspecified atom stereocenters. The summed E-state index contributed by atoms with van der Waals surface area (Å²) in [4.78, 5) is 23.9. The molecule has 0 spiro atoms. The highest BCUT2D eigenvalue weighted by Gasteiger charge is 2.53. The summed E-state index contributed by atoms with van der Waals surface area (Å²) in [5.41, 5.74) is 0.552. The fourth-order valence-electron chi connectivity index (χ4n) is 6.27. The molecular weight excluding hydrogens is 272 g/mol. The smallest absolute Gasteiger partial charge is 0.143 e. The van der Waals surface area contributed by atoms with Gasteiger partial charge in [0.25, 0.3) is 0 Å². The molecule has 3 aliphatic rings. The Hall–Kier alpha value is -0.660. The third kappa shape index (κ3) is 2.37. The number of ketones is 1. The van der Waals surface area contributed by atoms with E-state index in [4.69, 9.17) is 0 Å². The van der Waals surface area contributed by atoms with Crippen LogP contribution in [0.1, 0.15) is 72.6 Å². The van der Waals surface area contributed by atoms with E-state index in [0.717, 1.165) is 31.0 Å². The first kappa shape index (κ1) is 16.2. The summed E-state index contributed by atoms with van der Waals surface area (Å²) in [6.07, 6.45) is 8.74. The van der Waals surface area contributed by atoms with Gasteiger partial charge in [-0.05, 0) is 66.6 Å². The maximum absolute atomic E-state index is 12.3. The minimum Gasteiger partial charge on any atom is -0.303 e. The lowest BCUT2D eigenvalue weighted by atomic mass is 9.48. The summed E-state index contributed by atoms with van der Waals surface area (Å²) in [5, 5.41) is 0. The van der Waals surface area contributed by atoms with Crippen LogP contribution >= 0.6 is 0 Å². The Bertz CT molecular complexity index is 466. The molecular formula is C20H32O2. The lowest BCUT2D eigenvalue weighted by Gasteiger charge is -2.56. The van der Waals surface area contributed by atoms with Crippen molar-refractivity contribution in [3.05, 3.63) is 0 Å². The molecule has 0 aliphatic heterocycles. The Labute approximate surface area is 135 Å². The first-order chi connectivity index (χ1) is 10.3. The highest BCUT2D eigenvalue weighted by molar-refractivity contribution is 5.94. The topological polar surface area (TPSA) is 34.1 Å². The highest BCUT2D eigenvalue weighted by atomic mass is 16.1. The van der Waals surface area contributed by atoms with Crippen LogP contribution in [0.4, 0.5) is 0 Å². The van der Waals surface area contributed by atoms with Gasteiger partial charge in [-0.3, -0.25) is 4.79 Å². The summed E-state index contributed by atoms with van der Waals surface area (Å²) in [6, 6.07) is 0. The van der Waals surface area contributed by atoms with Crippen molar-refractivity contribution in [1.29, 1.82) is 0 Å². The molecule has 2 bridgehead atoms. The van der Waals surface area contributed by atoms with Gasteiger partial charge in [0, 0.05) is 6.42 Å². The second kappa shape index (κ2) is 5.46. The zero-order valence-corrected chi connectivity index (χ0v) is 14.7. The van der Waals surface area contributed by atoms with Crippen molar-refractivity contribution in [3.63, 3.8) is 0 Å². The molecule has 3 aliphatic carbocycles. The van der Waals surface area contributed by atoms with Gasteiger partial charge in [0.1, 0.15) is 12.1 Å². The zero-order chi connectivity index (χ0) is 16.1. The lowest BCUT2D eigenvalue weighted by Crippen LogP contribution is -2.50. The minimum absolute atomic E-state index is 0.198. The molecule has 0 N–H and O–H groups in total. The Balaban J connectivity index is 1.96. The Kier molecular flexibility index (Phi) is 4.02. The third-order valence-corrected chi connectivity index (χ3v) is 8.02. The van der Waals surface area contributed by atoms with E-state index in [0.29, 0.717) is 17.8 Å². The van der Waals surface area contributed by atoms with Crippen LogP contribution in [-0.4, -0.2) is 12.1 Å². The van der Waals surface area contributed by atoms with Gasteiger partial charge in [-0.1, -0.05) is 34.1 Å². The van der Waals surface area contributed by atoms with Crippen molar-refractivity contribution in [2.75, 3.05) is 0 Å². The number of fused-ring (bicyclic) bond motifs is 3. The van der Waals surface area contributed by atoms with Crippen LogP contribution in [0.15, 0.2) is 0 Å². The second-order valence-corrected chi connectivity index (χ2v) is 9.34. The molecule has 3 fully saturated rings. The number of rotatable bonds is 1. The van der Waals surface area contributed by atoms with Crippen LogP contribution in [-0.2, 0) is 9.59 Å². The molecule has 3 rings (SSSR count). The van der Waals surface area contributed by atoms with Gasteiger partial charge in [0.15, 0.2) is 0 Å². The molecule has 0 aromatic carbocycles. The van der Waals surface area contributed by atoms with E-state index in [-0.39, 0.29) is 23.0 Å². The molecule has 0 saturated heterocycles. The van der Waals surface area contributed by atoms with Gasteiger partial charge in [0.2, 0.25) is 0 Å². The van der Waals surface area contributed by atoms with Crippen molar-refractivity contribution in [1.82, 2.24) is 0 Å². The van der Waals surface area contributed by atoms with Gasteiger partial charge in [0.05, 0.1) is 5.92 Å². The van der Waals surface area contributed by atoms with Crippen LogP contribution in [0, 0.1) is 40.4 Å². The number of aldehydes is 1. The zero-order valence-electron chi connectivity index (χ0n) is 14.7. The molecule has 0 radical (unpaired) electrons. The van der Waals surface area contributed by atoms with E-state index in [1.54, 1.807) is 0 Å². The van der Waals surface area contributed by atoms with E-state index in [1.165, 1.54) is 25.7 Å². The predicted octanol–water partition coefficient (Wildman–Crippen LogP) is 4.66. The quantitative estimate of drug-likeness (QED) is 0.521. The number of carbonyl (C=O) groups is 2. The van der Waals surface area contributed by atoms with Crippen molar-refractivity contribution in [2.24, 2.45) is 40.4 Å². The van der Waals surface area contributed by atoms with Gasteiger partial charge >= 0.3 is 0 Å². The molecule has 0 heterocycles. The van der Waals surface area contributed by atoms with Gasteiger partial charge in [-0.15, -0.1) is 0 Å². The van der Waals surface area contributed by atoms with E-state index in [9.17, 15) is 9.59 Å². The van der Waals surface area contributed by atoms with Crippen LogP contribution < -0.4 is 0 Å². The third-order valence-electron chi connectivity index (χ3n) is 8.02. The fourth-order valence-corrected chi connectivity index (χ4v) is 6.27.